The van der Waals surface area contributed by atoms with E-state index < -0.39 is 0 Å². The van der Waals surface area contributed by atoms with Crippen LogP contribution in [0.3, 0.4) is 0 Å². The fraction of sp³-hybridized carbons (Fsp3) is 0.182. The molecule has 3 nitrogen and oxygen atoms in total. The molecule has 2 aromatic rings. The smallest absolute Gasteiger partial charge is 0.126 e. The summed E-state index contributed by atoms with van der Waals surface area (Å²) in [4.78, 5) is 0. The number of anilines is 1. The van der Waals surface area contributed by atoms with Crippen molar-refractivity contribution in [2.45, 2.75) is 13.5 Å². The van der Waals surface area contributed by atoms with E-state index in [2.05, 4.69) is 15.5 Å². The summed E-state index contributed by atoms with van der Waals surface area (Å²) in [5.74, 6) is -0.179. The summed E-state index contributed by atoms with van der Waals surface area (Å²) in [6.07, 6.45) is 1.70. The van der Waals surface area contributed by atoms with Gasteiger partial charge in [0.2, 0.25) is 0 Å². The second kappa shape index (κ2) is 4.13. The molecule has 1 heterocycles. The van der Waals surface area contributed by atoms with E-state index in [4.69, 9.17) is 0 Å². The van der Waals surface area contributed by atoms with Crippen molar-refractivity contribution in [3.05, 3.63) is 47.5 Å². The van der Waals surface area contributed by atoms with Crippen LogP contribution in [0.5, 0.6) is 0 Å². The molecule has 15 heavy (non-hydrogen) atoms. The predicted molar refractivity (Wildman–Crippen MR) is 57.1 cm³/mol. The molecule has 2 N–H and O–H groups in total. The van der Waals surface area contributed by atoms with Crippen LogP contribution < -0.4 is 5.32 Å². The summed E-state index contributed by atoms with van der Waals surface area (Å²) in [5.41, 5.74) is 2.55. The van der Waals surface area contributed by atoms with Gasteiger partial charge in [-0.1, -0.05) is 0 Å². The Labute approximate surface area is 87.3 Å². The van der Waals surface area contributed by atoms with Gasteiger partial charge in [-0.05, 0) is 36.8 Å². The molecule has 1 aromatic carbocycles. The lowest BCUT2D eigenvalue weighted by atomic mass is 10.2. The molecule has 0 aliphatic carbocycles. The van der Waals surface area contributed by atoms with Gasteiger partial charge in [0.05, 0.1) is 12.2 Å². The van der Waals surface area contributed by atoms with Crippen LogP contribution in [-0.4, -0.2) is 10.2 Å². The summed E-state index contributed by atoms with van der Waals surface area (Å²) in [6.45, 7) is 2.40. The van der Waals surface area contributed by atoms with E-state index in [0.29, 0.717) is 12.1 Å². The minimum Gasteiger partial charge on any atom is -0.379 e. The number of H-pyrrole nitrogens is 1. The summed E-state index contributed by atoms with van der Waals surface area (Å²) in [5, 5.41) is 9.87. The molecule has 0 saturated heterocycles. The minimum absolute atomic E-state index is 0.179. The Balaban J connectivity index is 2.02. The maximum absolute atomic E-state index is 13.0. The first-order valence-electron chi connectivity index (χ1n) is 4.74. The maximum Gasteiger partial charge on any atom is 0.126 e. The highest BCUT2D eigenvalue weighted by atomic mass is 19.1. The predicted octanol–water partition coefficient (Wildman–Crippen LogP) is 2.47. The number of aromatic nitrogens is 2. The zero-order valence-corrected chi connectivity index (χ0v) is 8.42. The Morgan fingerprint density at radius 1 is 1.40 bits per heavy atom. The molecule has 78 valence electrons. The van der Waals surface area contributed by atoms with Crippen molar-refractivity contribution < 1.29 is 4.39 Å². The zero-order valence-electron chi connectivity index (χ0n) is 8.42. The largest absolute Gasteiger partial charge is 0.379 e. The lowest BCUT2D eigenvalue weighted by molar-refractivity contribution is 0.618. The Morgan fingerprint density at radius 3 is 2.93 bits per heavy atom. The van der Waals surface area contributed by atoms with Crippen molar-refractivity contribution in [3.63, 3.8) is 0 Å². The summed E-state index contributed by atoms with van der Waals surface area (Å²) >= 11 is 0. The van der Waals surface area contributed by atoms with E-state index in [-0.39, 0.29) is 5.82 Å². The van der Waals surface area contributed by atoms with Gasteiger partial charge in [-0.25, -0.2) is 4.39 Å². The van der Waals surface area contributed by atoms with E-state index in [9.17, 15) is 4.39 Å². The van der Waals surface area contributed by atoms with E-state index in [0.717, 1.165) is 11.4 Å². The lowest BCUT2D eigenvalue weighted by Crippen LogP contribution is -2.00. The molecular weight excluding hydrogens is 193 g/mol. The normalized spacial score (nSPS) is 10.3. The Morgan fingerprint density at radius 2 is 2.27 bits per heavy atom. The number of nitrogens with zero attached hydrogens (tertiary/aromatic N) is 1. The van der Waals surface area contributed by atoms with Crippen molar-refractivity contribution in [1.29, 1.82) is 0 Å². The van der Waals surface area contributed by atoms with Crippen LogP contribution in [0.15, 0.2) is 30.5 Å². The van der Waals surface area contributed by atoms with Crippen LogP contribution >= 0.6 is 0 Å². The third kappa shape index (κ3) is 2.34. The summed E-state index contributed by atoms with van der Waals surface area (Å²) < 4.78 is 13.0. The number of benzene rings is 1. The van der Waals surface area contributed by atoms with Gasteiger partial charge in [-0.3, -0.25) is 5.10 Å². The van der Waals surface area contributed by atoms with E-state index >= 15 is 0 Å². The molecule has 0 amide bonds. The van der Waals surface area contributed by atoms with E-state index in [1.807, 2.05) is 6.07 Å². The first-order valence-corrected chi connectivity index (χ1v) is 4.74. The Hall–Kier alpha value is -1.84. The van der Waals surface area contributed by atoms with Crippen molar-refractivity contribution in [2.75, 3.05) is 5.32 Å². The van der Waals surface area contributed by atoms with Gasteiger partial charge in [0.15, 0.2) is 0 Å². The van der Waals surface area contributed by atoms with Crippen molar-refractivity contribution >= 4 is 5.69 Å². The molecule has 0 bridgehead atoms. The SMILES string of the molecule is Cc1cc(NCc2ccn[nH]2)ccc1F. The fourth-order valence-corrected chi connectivity index (χ4v) is 1.34. The summed E-state index contributed by atoms with van der Waals surface area (Å²) in [7, 11) is 0. The fourth-order valence-electron chi connectivity index (χ4n) is 1.34. The van der Waals surface area contributed by atoms with Crippen molar-refractivity contribution in [1.82, 2.24) is 10.2 Å². The molecule has 4 heteroatoms. The highest BCUT2D eigenvalue weighted by molar-refractivity contribution is 5.46. The molecular formula is C11H12FN3. The monoisotopic (exact) mass is 205 g/mol. The molecule has 0 unspecified atom stereocenters. The number of aromatic amines is 1. The van der Waals surface area contributed by atoms with Gasteiger partial charge in [0, 0.05) is 11.9 Å². The molecule has 2 rings (SSSR count). The number of rotatable bonds is 3. The van der Waals surface area contributed by atoms with Gasteiger partial charge in [-0.2, -0.15) is 5.10 Å². The van der Waals surface area contributed by atoms with Crippen LogP contribution in [0.1, 0.15) is 11.3 Å². The molecule has 1 aromatic heterocycles. The quantitative estimate of drug-likeness (QED) is 0.808. The number of nitrogens with one attached hydrogen (secondary N) is 2. The van der Waals surface area contributed by atoms with Crippen LogP contribution in [0.4, 0.5) is 10.1 Å². The number of hydrogen-bond acceptors (Lipinski definition) is 2. The number of halogens is 1. The molecule has 0 radical (unpaired) electrons. The van der Waals surface area contributed by atoms with Gasteiger partial charge in [0.1, 0.15) is 5.82 Å². The Kier molecular flexibility index (Phi) is 2.67. The molecule has 0 aliphatic heterocycles. The zero-order chi connectivity index (χ0) is 10.7. The highest BCUT2D eigenvalue weighted by Gasteiger charge is 1.99. The van der Waals surface area contributed by atoms with Crippen molar-refractivity contribution in [2.24, 2.45) is 0 Å². The van der Waals surface area contributed by atoms with Crippen molar-refractivity contribution in [3.8, 4) is 0 Å². The first kappa shape index (κ1) is 9.71. The van der Waals surface area contributed by atoms with Gasteiger partial charge in [-0.15, -0.1) is 0 Å². The average molecular weight is 205 g/mol. The van der Waals surface area contributed by atoms with Crippen LogP contribution in [0.25, 0.3) is 0 Å². The molecule has 0 fully saturated rings. The number of aryl methyl sites for hydroxylation is 1. The van der Waals surface area contributed by atoms with Crippen LogP contribution in [-0.2, 0) is 6.54 Å². The third-order valence-electron chi connectivity index (χ3n) is 2.20. The second-order valence-electron chi connectivity index (χ2n) is 3.40. The van der Waals surface area contributed by atoms with E-state index in [1.54, 1.807) is 25.3 Å². The second-order valence-corrected chi connectivity index (χ2v) is 3.40. The van der Waals surface area contributed by atoms with Gasteiger partial charge in [0.25, 0.3) is 0 Å². The minimum atomic E-state index is -0.179. The third-order valence-corrected chi connectivity index (χ3v) is 2.20. The topological polar surface area (TPSA) is 40.7 Å². The standard InChI is InChI=1S/C11H12FN3/c1-8-6-9(2-3-11(8)12)13-7-10-4-5-14-15-10/h2-6,13H,7H2,1H3,(H,14,15). The maximum atomic E-state index is 13.0. The van der Waals surface area contributed by atoms with Crippen LogP contribution in [0.2, 0.25) is 0 Å². The Bertz CT molecular complexity index is 437. The van der Waals surface area contributed by atoms with Crippen LogP contribution in [0, 0.1) is 12.7 Å². The highest BCUT2D eigenvalue weighted by Crippen LogP contribution is 2.14. The first-order chi connectivity index (χ1) is 7.25. The van der Waals surface area contributed by atoms with Gasteiger partial charge >= 0.3 is 0 Å². The average Bonchev–Trinajstić information content (AvgIpc) is 2.73. The molecule has 0 spiro atoms. The summed E-state index contributed by atoms with van der Waals surface area (Å²) in [6, 6.07) is 6.86. The van der Waals surface area contributed by atoms with E-state index in [1.165, 1.54) is 6.07 Å². The molecule has 0 saturated carbocycles. The molecule has 0 atom stereocenters. The number of hydrogen-bond donors (Lipinski definition) is 2. The molecule has 0 aliphatic rings. The lowest BCUT2D eigenvalue weighted by Gasteiger charge is -2.05. The van der Waals surface area contributed by atoms with Gasteiger partial charge < -0.3 is 5.32 Å².